The minimum absolute atomic E-state index is 0.804. The van der Waals surface area contributed by atoms with Crippen LogP contribution >= 0.6 is 0 Å². The predicted molar refractivity (Wildman–Crippen MR) is 105 cm³/mol. The van der Waals surface area contributed by atoms with E-state index >= 15 is 0 Å². The summed E-state index contributed by atoms with van der Waals surface area (Å²) in [5.41, 5.74) is 0. The van der Waals surface area contributed by atoms with Gasteiger partial charge in [-0.2, -0.15) is 0 Å². The Hall–Kier alpha value is 0.137. The van der Waals surface area contributed by atoms with E-state index in [-0.39, 0.29) is 0 Å². The van der Waals surface area contributed by atoms with Crippen LogP contribution in [0.4, 0.5) is 0 Å². The van der Waals surface area contributed by atoms with Crippen molar-refractivity contribution in [1.82, 2.24) is 0 Å². The van der Waals surface area contributed by atoms with Crippen LogP contribution in [0.5, 0.6) is 0 Å². The molecule has 3 heteroatoms. The third-order valence-corrected chi connectivity index (χ3v) is 8.76. The number of rotatable bonds is 18. The lowest BCUT2D eigenvalue weighted by Gasteiger charge is -2.28. The van der Waals surface area contributed by atoms with Crippen LogP contribution in [-0.4, -0.2) is 22.3 Å². The first-order chi connectivity index (χ1) is 11.2. The summed E-state index contributed by atoms with van der Waals surface area (Å²) in [6.45, 7) is 7.43. The first kappa shape index (κ1) is 23.1. The van der Waals surface area contributed by atoms with Crippen molar-refractivity contribution in [2.45, 2.75) is 116 Å². The van der Waals surface area contributed by atoms with Crippen molar-refractivity contribution in [3.63, 3.8) is 0 Å². The van der Waals surface area contributed by atoms with Crippen LogP contribution in [0.15, 0.2) is 0 Å². The normalized spacial score (nSPS) is 14.1. The topological polar surface area (TPSA) is 18.5 Å². The second-order valence-electron chi connectivity index (χ2n) is 6.94. The molecule has 0 bridgehead atoms. The van der Waals surface area contributed by atoms with Gasteiger partial charge in [0.15, 0.2) is 0 Å². The van der Waals surface area contributed by atoms with E-state index in [4.69, 9.17) is 8.85 Å². The molecular weight excluding hydrogens is 300 g/mol. The Bertz CT molecular complexity index is 228. The highest BCUT2D eigenvalue weighted by Crippen LogP contribution is 2.24. The molecule has 2 nitrogen and oxygen atoms in total. The molecule has 0 amide bonds. The van der Waals surface area contributed by atoms with Crippen molar-refractivity contribution in [2.75, 3.05) is 13.7 Å². The molecule has 0 aromatic rings. The monoisotopic (exact) mass is 344 g/mol. The molecule has 0 saturated carbocycles. The molecule has 140 valence electrons. The molecule has 0 rings (SSSR count). The van der Waals surface area contributed by atoms with E-state index in [2.05, 4.69) is 20.8 Å². The molecule has 1 unspecified atom stereocenters. The molecule has 1 atom stereocenters. The van der Waals surface area contributed by atoms with Gasteiger partial charge >= 0.3 is 8.56 Å². The van der Waals surface area contributed by atoms with E-state index in [1.54, 1.807) is 0 Å². The minimum atomic E-state index is -1.87. The van der Waals surface area contributed by atoms with Crippen LogP contribution in [0, 0.1) is 0 Å². The second kappa shape index (κ2) is 17.0. The zero-order valence-electron chi connectivity index (χ0n) is 16.6. The summed E-state index contributed by atoms with van der Waals surface area (Å²) in [5.74, 6) is 0. The number of unbranched alkanes of at least 4 members (excludes halogenated alkanes) is 11. The maximum atomic E-state index is 6.04. The Morgan fingerprint density at radius 3 is 1.43 bits per heavy atom. The van der Waals surface area contributed by atoms with E-state index in [9.17, 15) is 0 Å². The average Bonchev–Trinajstić information content (AvgIpc) is 2.56. The van der Waals surface area contributed by atoms with E-state index < -0.39 is 8.56 Å². The minimum Gasteiger partial charge on any atom is -0.398 e. The third kappa shape index (κ3) is 13.1. The Morgan fingerprint density at radius 1 is 0.565 bits per heavy atom. The van der Waals surface area contributed by atoms with E-state index in [0.29, 0.717) is 0 Å². The largest absolute Gasteiger partial charge is 0.398 e. The van der Waals surface area contributed by atoms with Crippen molar-refractivity contribution >= 4 is 8.56 Å². The molecule has 0 saturated heterocycles. The van der Waals surface area contributed by atoms with Crippen molar-refractivity contribution in [3.05, 3.63) is 0 Å². The van der Waals surface area contributed by atoms with Crippen LogP contribution in [0.3, 0.4) is 0 Å². The summed E-state index contributed by atoms with van der Waals surface area (Å²) in [6.07, 6.45) is 18.1. The molecular formula is C20H44O2Si. The molecule has 0 aliphatic heterocycles. The number of hydrogen-bond donors (Lipinski definition) is 0. The van der Waals surface area contributed by atoms with E-state index in [1.165, 1.54) is 89.5 Å². The highest BCUT2D eigenvalue weighted by molar-refractivity contribution is 6.67. The van der Waals surface area contributed by atoms with Gasteiger partial charge < -0.3 is 8.85 Å². The Morgan fingerprint density at radius 2 is 1.04 bits per heavy atom. The fourth-order valence-electron chi connectivity index (χ4n) is 3.41. The lowest BCUT2D eigenvalue weighted by Crippen LogP contribution is -2.40. The van der Waals surface area contributed by atoms with Gasteiger partial charge in [0.2, 0.25) is 0 Å². The molecule has 0 aromatic heterocycles. The third-order valence-electron chi connectivity index (χ3n) is 4.82. The van der Waals surface area contributed by atoms with Gasteiger partial charge in [0.05, 0.1) is 0 Å². The van der Waals surface area contributed by atoms with Crippen LogP contribution in [0.2, 0.25) is 12.1 Å². The van der Waals surface area contributed by atoms with Gasteiger partial charge in [-0.05, 0) is 19.0 Å². The first-order valence-electron chi connectivity index (χ1n) is 10.4. The lowest BCUT2D eigenvalue weighted by atomic mass is 10.1. The maximum absolute atomic E-state index is 6.04. The SMILES string of the molecule is CCCCCCCCCCCCCC[Si](CCC)(OC)OCC. The quantitative estimate of drug-likeness (QED) is 0.193. The lowest BCUT2D eigenvalue weighted by molar-refractivity contribution is 0.206. The zero-order chi connectivity index (χ0) is 17.2. The summed E-state index contributed by atoms with van der Waals surface area (Å²) < 4.78 is 11.9. The van der Waals surface area contributed by atoms with Crippen molar-refractivity contribution in [2.24, 2.45) is 0 Å². The molecule has 0 aliphatic rings. The summed E-state index contributed by atoms with van der Waals surface area (Å²) in [7, 11) is -0.00761. The van der Waals surface area contributed by atoms with E-state index in [0.717, 1.165) is 12.7 Å². The Labute approximate surface area is 148 Å². The molecule has 0 radical (unpaired) electrons. The van der Waals surface area contributed by atoms with Gasteiger partial charge in [-0.25, -0.2) is 0 Å². The molecule has 0 aliphatic carbocycles. The smallest absolute Gasteiger partial charge is 0.337 e. The van der Waals surface area contributed by atoms with Gasteiger partial charge in [-0.1, -0.05) is 97.3 Å². The zero-order valence-corrected chi connectivity index (χ0v) is 17.6. The van der Waals surface area contributed by atoms with Crippen LogP contribution < -0.4 is 0 Å². The van der Waals surface area contributed by atoms with Gasteiger partial charge in [-0.3, -0.25) is 0 Å². The first-order valence-corrected chi connectivity index (χ1v) is 12.7. The summed E-state index contributed by atoms with van der Waals surface area (Å²) in [6, 6.07) is 2.33. The molecule has 0 fully saturated rings. The summed E-state index contributed by atoms with van der Waals surface area (Å²) >= 11 is 0. The van der Waals surface area contributed by atoms with Gasteiger partial charge in [0.25, 0.3) is 0 Å². The van der Waals surface area contributed by atoms with Crippen molar-refractivity contribution in [3.8, 4) is 0 Å². The fourth-order valence-corrected chi connectivity index (χ4v) is 6.55. The van der Waals surface area contributed by atoms with Crippen molar-refractivity contribution in [1.29, 1.82) is 0 Å². The van der Waals surface area contributed by atoms with Crippen LogP contribution in [-0.2, 0) is 8.85 Å². The standard InChI is InChI=1S/C20H44O2Si/c1-5-8-9-10-11-12-13-14-15-16-17-18-20-23(21-4,19-6-2)22-7-3/h5-20H2,1-4H3. The number of hydrogen-bond acceptors (Lipinski definition) is 2. The average molecular weight is 345 g/mol. The van der Waals surface area contributed by atoms with Gasteiger partial charge in [0.1, 0.15) is 0 Å². The molecule has 0 heterocycles. The Kier molecular flexibility index (Phi) is 17.1. The van der Waals surface area contributed by atoms with Crippen molar-refractivity contribution < 1.29 is 8.85 Å². The highest BCUT2D eigenvalue weighted by Gasteiger charge is 2.34. The molecule has 0 N–H and O–H groups in total. The molecule has 23 heavy (non-hydrogen) atoms. The van der Waals surface area contributed by atoms with Crippen LogP contribution in [0.25, 0.3) is 0 Å². The van der Waals surface area contributed by atoms with E-state index in [1.807, 2.05) is 7.11 Å². The summed E-state index contributed by atoms with van der Waals surface area (Å²) in [5, 5.41) is 0. The fraction of sp³-hybridized carbons (Fsp3) is 1.00. The van der Waals surface area contributed by atoms with Crippen LogP contribution in [0.1, 0.15) is 104 Å². The predicted octanol–water partition coefficient (Wildman–Crippen LogP) is 7.22. The summed E-state index contributed by atoms with van der Waals surface area (Å²) in [4.78, 5) is 0. The molecule has 0 aromatic carbocycles. The maximum Gasteiger partial charge on any atom is 0.337 e. The highest BCUT2D eigenvalue weighted by atomic mass is 28.4. The van der Waals surface area contributed by atoms with Gasteiger partial charge in [0, 0.05) is 13.7 Å². The second-order valence-corrected chi connectivity index (χ2v) is 10.5. The van der Waals surface area contributed by atoms with Gasteiger partial charge in [-0.15, -0.1) is 0 Å². The Balaban J connectivity index is 3.49. The molecule has 0 spiro atoms.